The van der Waals surface area contributed by atoms with E-state index in [4.69, 9.17) is 9.15 Å². The maximum atomic E-state index is 13.2. The van der Waals surface area contributed by atoms with Crippen LogP contribution in [-0.4, -0.2) is 20.4 Å². The number of fused-ring (bicyclic) bond motifs is 1. The Labute approximate surface area is 187 Å². The molecule has 8 heteroatoms. The Morgan fingerprint density at radius 1 is 1.06 bits per heavy atom. The first kappa shape index (κ1) is 23.7. The average Bonchev–Trinajstić information content (AvgIpc) is 2.70. The van der Waals surface area contributed by atoms with Crippen molar-refractivity contribution < 1.29 is 22.4 Å². The highest BCUT2D eigenvalue weighted by Crippen LogP contribution is 2.30. The summed E-state index contributed by atoms with van der Waals surface area (Å²) >= 11 is 0. The van der Waals surface area contributed by atoms with Gasteiger partial charge < -0.3 is 9.15 Å². The fourth-order valence-corrected chi connectivity index (χ4v) is 4.71. The Balaban J connectivity index is 1.97. The highest BCUT2D eigenvalue weighted by molar-refractivity contribution is 7.89. The van der Waals surface area contributed by atoms with Gasteiger partial charge >= 0.3 is 11.6 Å². The predicted octanol–water partition coefficient (Wildman–Crippen LogP) is 4.02. The van der Waals surface area contributed by atoms with E-state index in [0.717, 1.165) is 11.1 Å². The lowest BCUT2D eigenvalue weighted by molar-refractivity contribution is -0.137. The molecule has 1 N–H and O–H groups in total. The van der Waals surface area contributed by atoms with E-state index in [9.17, 15) is 18.0 Å². The molecule has 3 aromatic rings. The summed E-state index contributed by atoms with van der Waals surface area (Å²) in [5.74, 6) is -0.834. The number of aryl methyl sites for hydroxylation is 3. The largest absolute Gasteiger partial charge is 0.425 e. The SMILES string of the molecule is CC[C@H](C)[C@H](NS(=O)(=O)c1ccc(C)cc1)C(=O)Oc1cc(C)cc2oc(=O)cc(C)c12. The van der Waals surface area contributed by atoms with Crippen LogP contribution in [0.15, 0.2) is 56.6 Å². The molecule has 0 saturated heterocycles. The number of carbonyl (C=O) groups is 1. The normalized spacial score (nSPS) is 13.7. The summed E-state index contributed by atoms with van der Waals surface area (Å²) in [5.41, 5.74) is 2.06. The summed E-state index contributed by atoms with van der Waals surface area (Å²) in [7, 11) is -3.94. The summed E-state index contributed by atoms with van der Waals surface area (Å²) in [4.78, 5) is 25.0. The lowest BCUT2D eigenvalue weighted by Gasteiger charge is -2.23. The van der Waals surface area contributed by atoms with Crippen LogP contribution >= 0.6 is 0 Å². The van der Waals surface area contributed by atoms with Gasteiger partial charge in [-0.05, 0) is 62.1 Å². The first-order chi connectivity index (χ1) is 15.0. The topological polar surface area (TPSA) is 103 Å². The number of esters is 1. The molecule has 0 unspecified atom stereocenters. The van der Waals surface area contributed by atoms with Crippen molar-refractivity contribution in [3.05, 3.63) is 69.6 Å². The van der Waals surface area contributed by atoms with E-state index in [0.29, 0.717) is 23.0 Å². The molecule has 2 aromatic carbocycles. The Kier molecular flexibility index (Phi) is 6.85. The van der Waals surface area contributed by atoms with Gasteiger partial charge in [0.25, 0.3) is 0 Å². The minimum Gasteiger partial charge on any atom is -0.425 e. The zero-order chi connectivity index (χ0) is 23.6. The Bertz CT molecular complexity index is 1310. The second kappa shape index (κ2) is 9.26. The van der Waals surface area contributed by atoms with Crippen LogP contribution in [0.4, 0.5) is 0 Å². The van der Waals surface area contributed by atoms with Gasteiger partial charge in [-0.25, -0.2) is 18.0 Å². The molecular formula is C24H27NO6S. The predicted molar refractivity (Wildman–Crippen MR) is 122 cm³/mol. The second-order valence-corrected chi connectivity index (χ2v) is 9.82. The number of nitrogens with one attached hydrogen (secondary N) is 1. The molecule has 1 aromatic heterocycles. The van der Waals surface area contributed by atoms with Crippen LogP contribution < -0.4 is 15.1 Å². The molecule has 0 aliphatic carbocycles. The first-order valence-corrected chi connectivity index (χ1v) is 11.9. The van der Waals surface area contributed by atoms with Crippen molar-refractivity contribution in [1.82, 2.24) is 4.72 Å². The Morgan fingerprint density at radius 3 is 2.34 bits per heavy atom. The number of rotatable bonds is 7. The number of hydrogen-bond acceptors (Lipinski definition) is 6. The maximum absolute atomic E-state index is 13.2. The van der Waals surface area contributed by atoms with Gasteiger partial charge in [0.05, 0.1) is 10.3 Å². The number of ether oxygens (including phenoxy) is 1. The van der Waals surface area contributed by atoms with Crippen LogP contribution in [0.5, 0.6) is 5.75 Å². The molecular weight excluding hydrogens is 430 g/mol. The van der Waals surface area contributed by atoms with Crippen molar-refractivity contribution >= 4 is 27.0 Å². The fourth-order valence-electron chi connectivity index (χ4n) is 3.41. The molecule has 0 fully saturated rings. The molecule has 2 atom stereocenters. The van der Waals surface area contributed by atoms with Gasteiger partial charge in [0, 0.05) is 6.07 Å². The van der Waals surface area contributed by atoms with Crippen molar-refractivity contribution in [1.29, 1.82) is 0 Å². The van der Waals surface area contributed by atoms with Gasteiger partial charge in [-0.15, -0.1) is 0 Å². The standard InChI is InChI=1S/C24H27NO6S/c1-6-16(4)23(25-32(28,29)18-9-7-14(2)8-10-18)24(27)31-20-12-15(3)11-19-22(20)17(5)13-21(26)30-19/h7-13,16,23,25H,6H2,1-5H3/t16-,23-/m0/s1. The minimum atomic E-state index is -3.94. The van der Waals surface area contributed by atoms with Crippen LogP contribution in [0.3, 0.4) is 0 Å². The second-order valence-electron chi connectivity index (χ2n) is 8.10. The molecule has 0 amide bonds. The number of carbonyl (C=O) groups excluding carboxylic acids is 1. The van der Waals surface area contributed by atoms with Gasteiger partial charge in [-0.1, -0.05) is 38.0 Å². The highest BCUT2D eigenvalue weighted by Gasteiger charge is 2.32. The van der Waals surface area contributed by atoms with E-state index in [2.05, 4.69) is 4.72 Å². The molecule has 0 spiro atoms. The fraction of sp³-hybridized carbons (Fsp3) is 0.333. The molecule has 0 aliphatic heterocycles. The molecule has 7 nitrogen and oxygen atoms in total. The van der Waals surface area contributed by atoms with E-state index in [-0.39, 0.29) is 16.6 Å². The lowest BCUT2D eigenvalue weighted by atomic mass is 10.0. The Morgan fingerprint density at radius 2 is 1.72 bits per heavy atom. The number of benzene rings is 2. The molecule has 1 heterocycles. The van der Waals surface area contributed by atoms with Crippen LogP contribution in [0.1, 0.15) is 37.0 Å². The van der Waals surface area contributed by atoms with E-state index in [1.165, 1.54) is 18.2 Å². The van der Waals surface area contributed by atoms with Crippen molar-refractivity contribution in [2.75, 3.05) is 0 Å². The van der Waals surface area contributed by atoms with Crippen molar-refractivity contribution in [2.24, 2.45) is 5.92 Å². The zero-order valence-electron chi connectivity index (χ0n) is 18.8. The molecule has 170 valence electrons. The van der Waals surface area contributed by atoms with Gasteiger partial charge in [0.2, 0.25) is 10.0 Å². The number of hydrogen-bond donors (Lipinski definition) is 1. The van der Waals surface area contributed by atoms with Crippen molar-refractivity contribution in [2.45, 2.75) is 52.0 Å². The summed E-state index contributed by atoms with van der Waals surface area (Å²) in [6, 6.07) is 9.95. The molecule has 3 rings (SSSR count). The van der Waals surface area contributed by atoms with Gasteiger partial charge in [0.1, 0.15) is 17.4 Å². The average molecular weight is 458 g/mol. The molecule has 0 radical (unpaired) electrons. The summed E-state index contributed by atoms with van der Waals surface area (Å²) in [6.45, 7) is 9.01. The maximum Gasteiger partial charge on any atom is 0.336 e. The van der Waals surface area contributed by atoms with Crippen LogP contribution in [0.2, 0.25) is 0 Å². The van der Waals surface area contributed by atoms with Crippen molar-refractivity contribution in [3.8, 4) is 5.75 Å². The zero-order valence-corrected chi connectivity index (χ0v) is 19.6. The van der Waals surface area contributed by atoms with Gasteiger partial charge in [-0.2, -0.15) is 4.72 Å². The number of sulfonamides is 1. The van der Waals surface area contributed by atoms with Gasteiger partial charge in [0.15, 0.2) is 0 Å². The lowest BCUT2D eigenvalue weighted by Crippen LogP contribution is -2.47. The van der Waals surface area contributed by atoms with Crippen molar-refractivity contribution in [3.63, 3.8) is 0 Å². The summed E-state index contributed by atoms with van der Waals surface area (Å²) < 4.78 is 39.3. The van der Waals surface area contributed by atoms with E-state index < -0.39 is 27.7 Å². The third kappa shape index (κ3) is 5.08. The van der Waals surface area contributed by atoms with E-state index >= 15 is 0 Å². The van der Waals surface area contributed by atoms with Gasteiger partial charge in [-0.3, -0.25) is 0 Å². The first-order valence-electron chi connectivity index (χ1n) is 10.4. The summed E-state index contributed by atoms with van der Waals surface area (Å²) in [6.07, 6.45) is 0.554. The molecule has 32 heavy (non-hydrogen) atoms. The third-order valence-electron chi connectivity index (χ3n) is 5.44. The smallest absolute Gasteiger partial charge is 0.336 e. The Hall–Kier alpha value is -2.97. The van der Waals surface area contributed by atoms with Crippen LogP contribution in [0, 0.1) is 26.7 Å². The van der Waals surface area contributed by atoms with Crippen LogP contribution in [0.25, 0.3) is 11.0 Å². The third-order valence-corrected chi connectivity index (χ3v) is 6.90. The molecule has 0 saturated carbocycles. The monoisotopic (exact) mass is 457 g/mol. The van der Waals surface area contributed by atoms with Crippen LogP contribution in [-0.2, 0) is 14.8 Å². The minimum absolute atomic E-state index is 0.0721. The summed E-state index contributed by atoms with van der Waals surface area (Å²) in [5, 5.41) is 0.493. The van der Waals surface area contributed by atoms with E-state index in [1.54, 1.807) is 45.0 Å². The van der Waals surface area contributed by atoms with E-state index in [1.807, 2.05) is 13.8 Å². The molecule has 0 bridgehead atoms. The molecule has 0 aliphatic rings. The highest BCUT2D eigenvalue weighted by atomic mass is 32.2. The quantitative estimate of drug-likeness (QED) is 0.327.